The Kier molecular flexibility index (Phi) is 5.76. The van der Waals surface area contributed by atoms with Gasteiger partial charge >= 0.3 is 0 Å². The Balaban J connectivity index is 2.39. The minimum atomic E-state index is -0.703. The molecule has 0 aliphatic rings. The van der Waals surface area contributed by atoms with Gasteiger partial charge in [-0.3, -0.25) is 9.59 Å². The third-order valence-corrected chi connectivity index (χ3v) is 3.77. The topological polar surface area (TPSA) is 136 Å². The maximum atomic E-state index is 11.7. The summed E-state index contributed by atoms with van der Waals surface area (Å²) in [5.74, 6) is -0.712. The van der Waals surface area contributed by atoms with Crippen LogP contribution in [0.1, 0.15) is 35.5 Å². The number of nitrogens with one attached hydrogen (secondary N) is 2. The summed E-state index contributed by atoms with van der Waals surface area (Å²) < 4.78 is 0. The number of nitrogens with two attached hydrogens (primary N) is 2. The van der Waals surface area contributed by atoms with E-state index in [4.69, 9.17) is 11.5 Å². The summed E-state index contributed by atoms with van der Waals surface area (Å²) in [4.78, 5) is 31.7. The third-order valence-electron chi connectivity index (χ3n) is 3.77. The van der Waals surface area contributed by atoms with Gasteiger partial charge in [-0.15, -0.1) is 0 Å². The number of rotatable bonds is 7. The Morgan fingerprint density at radius 3 is 2.19 bits per heavy atom. The fraction of sp³-hybridized carbons (Fsp3) is 0.333. The summed E-state index contributed by atoms with van der Waals surface area (Å²) in [5, 5.41) is 6.03. The zero-order chi connectivity index (χ0) is 19.4. The zero-order valence-corrected chi connectivity index (χ0v) is 15.3. The number of nitrogens with zero attached hydrogens (tertiary/aromatic N) is 2. The Morgan fingerprint density at radius 1 is 1.08 bits per heavy atom. The predicted octanol–water partition coefficient (Wildman–Crippen LogP) is 1.86. The van der Waals surface area contributed by atoms with Gasteiger partial charge in [0.25, 0.3) is 5.91 Å². The number of hydrogen-bond donors (Lipinski definition) is 4. The first-order valence-electron chi connectivity index (χ1n) is 8.25. The van der Waals surface area contributed by atoms with Crippen molar-refractivity contribution < 1.29 is 9.59 Å². The molecule has 0 aliphatic carbocycles. The zero-order valence-electron chi connectivity index (χ0n) is 15.3. The lowest BCUT2D eigenvalue weighted by Crippen LogP contribution is -2.39. The van der Waals surface area contributed by atoms with Crippen molar-refractivity contribution in [3.05, 3.63) is 41.2 Å². The molecule has 26 heavy (non-hydrogen) atoms. The third kappa shape index (κ3) is 4.69. The van der Waals surface area contributed by atoms with Crippen LogP contribution in [0.25, 0.3) is 0 Å². The number of aromatic nitrogens is 2. The fourth-order valence-corrected chi connectivity index (χ4v) is 2.64. The SMILES string of the molecule is Cc1cc(C)cc(Nc2nc(NC(C(N)=O)C(C)C)cnc2C(N)=O)c1. The highest BCUT2D eigenvalue weighted by molar-refractivity contribution is 5.96. The minimum absolute atomic E-state index is 0.00915. The fourth-order valence-electron chi connectivity index (χ4n) is 2.64. The molecule has 1 heterocycles. The van der Waals surface area contributed by atoms with Gasteiger partial charge in [-0.25, -0.2) is 9.97 Å². The number of hydrogen-bond acceptors (Lipinski definition) is 6. The standard InChI is InChI=1S/C18H24N6O2/c1-9(2)14(16(19)25)23-13-8-21-15(17(20)26)18(24-13)22-12-6-10(3)5-11(4)7-12/h5-9,14H,1-4H3,(H2,19,25)(H2,20,26)(H2,22,23,24). The van der Waals surface area contributed by atoms with Crippen LogP contribution < -0.4 is 22.1 Å². The molecule has 0 radical (unpaired) electrons. The van der Waals surface area contributed by atoms with Crippen LogP contribution in [0.2, 0.25) is 0 Å². The molecular formula is C18H24N6O2. The smallest absolute Gasteiger partial charge is 0.271 e. The van der Waals surface area contributed by atoms with Gasteiger partial charge in [-0.1, -0.05) is 19.9 Å². The van der Waals surface area contributed by atoms with Crippen LogP contribution in [0.3, 0.4) is 0 Å². The molecule has 1 atom stereocenters. The number of carbonyl (C=O) groups excluding carboxylic acids is 2. The van der Waals surface area contributed by atoms with E-state index in [-0.39, 0.29) is 17.4 Å². The molecule has 0 aliphatic heterocycles. The predicted molar refractivity (Wildman–Crippen MR) is 101 cm³/mol. The second-order valence-electron chi connectivity index (χ2n) is 6.59. The van der Waals surface area contributed by atoms with E-state index in [9.17, 15) is 9.59 Å². The summed E-state index contributed by atoms with van der Waals surface area (Å²) in [6, 6.07) is 5.25. The molecule has 0 spiro atoms. The van der Waals surface area contributed by atoms with Crippen molar-refractivity contribution in [3.63, 3.8) is 0 Å². The molecule has 2 rings (SSSR count). The second kappa shape index (κ2) is 7.81. The molecule has 0 saturated heterocycles. The van der Waals surface area contributed by atoms with Crippen molar-refractivity contribution in [2.45, 2.75) is 33.7 Å². The number of aryl methyl sites for hydroxylation is 2. The Bertz CT molecular complexity index is 814. The quantitative estimate of drug-likeness (QED) is 0.598. The van der Waals surface area contributed by atoms with Crippen LogP contribution in [0.5, 0.6) is 0 Å². The van der Waals surface area contributed by atoms with Crippen LogP contribution in [0.4, 0.5) is 17.3 Å². The Hall–Kier alpha value is -3.16. The Morgan fingerprint density at radius 2 is 1.69 bits per heavy atom. The summed E-state index contributed by atoms with van der Waals surface area (Å²) in [6.07, 6.45) is 1.35. The molecule has 6 N–H and O–H groups in total. The molecule has 8 heteroatoms. The van der Waals surface area contributed by atoms with Crippen molar-refractivity contribution in [2.24, 2.45) is 17.4 Å². The molecule has 0 bridgehead atoms. The average Bonchev–Trinajstić information content (AvgIpc) is 2.50. The number of carbonyl (C=O) groups is 2. The largest absolute Gasteiger partial charge is 0.368 e. The van der Waals surface area contributed by atoms with Gasteiger partial charge in [0.05, 0.1) is 6.20 Å². The van der Waals surface area contributed by atoms with Crippen molar-refractivity contribution in [1.82, 2.24) is 9.97 Å². The van der Waals surface area contributed by atoms with Gasteiger partial charge in [0.15, 0.2) is 11.5 Å². The van der Waals surface area contributed by atoms with Crippen molar-refractivity contribution in [3.8, 4) is 0 Å². The average molecular weight is 356 g/mol. The van der Waals surface area contributed by atoms with Crippen molar-refractivity contribution in [1.29, 1.82) is 0 Å². The summed E-state index contributed by atoms with van der Waals surface area (Å²) in [5.41, 5.74) is 13.7. The maximum absolute atomic E-state index is 11.7. The first-order chi connectivity index (χ1) is 12.2. The first-order valence-corrected chi connectivity index (χ1v) is 8.25. The lowest BCUT2D eigenvalue weighted by molar-refractivity contribution is -0.119. The number of primary amides is 2. The number of benzene rings is 1. The highest BCUT2D eigenvalue weighted by atomic mass is 16.1. The highest BCUT2D eigenvalue weighted by Crippen LogP contribution is 2.22. The lowest BCUT2D eigenvalue weighted by atomic mass is 10.0. The summed E-state index contributed by atoms with van der Waals surface area (Å²) in [6.45, 7) is 7.67. The van der Waals surface area contributed by atoms with Crippen LogP contribution in [0.15, 0.2) is 24.4 Å². The minimum Gasteiger partial charge on any atom is -0.368 e. The van der Waals surface area contributed by atoms with E-state index in [1.54, 1.807) is 0 Å². The summed E-state index contributed by atoms with van der Waals surface area (Å²) >= 11 is 0. The highest BCUT2D eigenvalue weighted by Gasteiger charge is 2.21. The van der Waals surface area contributed by atoms with Crippen LogP contribution in [0, 0.1) is 19.8 Å². The molecule has 1 aromatic carbocycles. The van der Waals surface area contributed by atoms with Gasteiger partial charge in [0.1, 0.15) is 11.9 Å². The van der Waals surface area contributed by atoms with Crippen molar-refractivity contribution >= 4 is 29.1 Å². The van der Waals surface area contributed by atoms with Crippen LogP contribution in [-0.4, -0.2) is 27.8 Å². The second-order valence-corrected chi connectivity index (χ2v) is 6.59. The number of amides is 2. The van der Waals surface area contributed by atoms with Gasteiger partial charge in [-0.05, 0) is 43.0 Å². The lowest BCUT2D eigenvalue weighted by Gasteiger charge is -2.20. The molecule has 1 aromatic heterocycles. The monoisotopic (exact) mass is 356 g/mol. The van der Waals surface area contributed by atoms with E-state index >= 15 is 0 Å². The molecular weight excluding hydrogens is 332 g/mol. The van der Waals surface area contributed by atoms with Gasteiger partial charge in [0.2, 0.25) is 5.91 Å². The molecule has 8 nitrogen and oxygen atoms in total. The maximum Gasteiger partial charge on any atom is 0.271 e. The van der Waals surface area contributed by atoms with Crippen molar-refractivity contribution in [2.75, 3.05) is 10.6 Å². The normalized spacial score (nSPS) is 11.9. The Labute approximate surface area is 152 Å². The molecule has 0 saturated carbocycles. The van der Waals surface area contributed by atoms with E-state index in [2.05, 4.69) is 20.6 Å². The van der Waals surface area contributed by atoms with Gasteiger partial charge in [0, 0.05) is 5.69 Å². The molecule has 2 aromatic rings. The molecule has 2 amide bonds. The molecule has 0 fully saturated rings. The first kappa shape index (κ1) is 19.2. The van der Waals surface area contributed by atoms with Crippen LogP contribution in [-0.2, 0) is 4.79 Å². The van der Waals surface area contributed by atoms with E-state index in [0.717, 1.165) is 16.8 Å². The van der Waals surface area contributed by atoms with Crippen LogP contribution >= 0.6 is 0 Å². The number of anilines is 3. The van der Waals surface area contributed by atoms with E-state index in [1.807, 2.05) is 45.9 Å². The molecule has 1 unspecified atom stereocenters. The van der Waals surface area contributed by atoms with E-state index < -0.39 is 17.9 Å². The van der Waals surface area contributed by atoms with Gasteiger partial charge in [-0.2, -0.15) is 0 Å². The van der Waals surface area contributed by atoms with Gasteiger partial charge < -0.3 is 22.1 Å². The summed E-state index contributed by atoms with van der Waals surface area (Å²) in [7, 11) is 0. The van der Waals surface area contributed by atoms with E-state index in [0.29, 0.717) is 5.82 Å². The molecule has 138 valence electrons. The van der Waals surface area contributed by atoms with E-state index in [1.165, 1.54) is 6.20 Å².